The Balaban J connectivity index is 2.48. The predicted octanol–water partition coefficient (Wildman–Crippen LogP) is 1.69. The molecule has 0 saturated heterocycles. The van der Waals surface area contributed by atoms with E-state index in [4.69, 9.17) is 18.9 Å². The summed E-state index contributed by atoms with van der Waals surface area (Å²) < 4.78 is 20.5. The van der Waals surface area contributed by atoms with Crippen molar-refractivity contribution in [1.29, 1.82) is 0 Å². The highest BCUT2D eigenvalue weighted by molar-refractivity contribution is 5.18. The monoisotopic (exact) mass is 214 g/mol. The Labute approximate surface area is 90.5 Å². The average molecular weight is 214 g/mol. The van der Waals surface area contributed by atoms with Crippen LogP contribution in [0.15, 0.2) is 23.7 Å². The summed E-state index contributed by atoms with van der Waals surface area (Å²) in [5, 5.41) is 0. The lowest BCUT2D eigenvalue weighted by Crippen LogP contribution is -2.12. The zero-order valence-electron chi connectivity index (χ0n) is 9.49. The Morgan fingerprint density at radius 2 is 1.73 bits per heavy atom. The van der Waals surface area contributed by atoms with Crippen LogP contribution in [0.4, 0.5) is 0 Å². The van der Waals surface area contributed by atoms with E-state index in [9.17, 15) is 0 Å². The average Bonchev–Trinajstić information content (AvgIpc) is 2.29. The van der Waals surface area contributed by atoms with E-state index < -0.39 is 0 Å². The van der Waals surface area contributed by atoms with Crippen LogP contribution in [0.25, 0.3) is 0 Å². The summed E-state index contributed by atoms with van der Waals surface area (Å²) in [6, 6.07) is 0. The topological polar surface area (TPSA) is 36.9 Å². The standard InChI is InChI=1S/C11H18O4/c1-12-8-15-7-9-4-10(13-2)6-11(5-9)14-3/h4-5,9H,6-8H2,1-3H3. The minimum Gasteiger partial charge on any atom is -0.501 e. The first kappa shape index (κ1) is 12.1. The molecule has 0 atom stereocenters. The van der Waals surface area contributed by atoms with Crippen molar-refractivity contribution < 1.29 is 18.9 Å². The number of hydrogen-bond donors (Lipinski definition) is 0. The summed E-state index contributed by atoms with van der Waals surface area (Å²) in [5.74, 6) is 2.03. The molecule has 0 aliphatic heterocycles. The fourth-order valence-electron chi connectivity index (χ4n) is 1.46. The van der Waals surface area contributed by atoms with Gasteiger partial charge in [-0.3, -0.25) is 0 Å². The number of hydrogen-bond acceptors (Lipinski definition) is 4. The SMILES string of the molecule is COCOCC1C=C(OC)CC(OC)=C1. The van der Waals surface area contributed by atoms with Crippen molar-refractivity contribution >= 4 is 0 Å². The summed E-state index contributed by atoms with van der Waals surface area (Å²) in [6.07, 6.45) is 4.80. The number of rotatable bonds is 6. The van der Waals surface area contributed by atoms with Crippen molar-refractivity contribution in [2.75, 3.05) is 34.7 Å². The molecule has 0 spiro atoms. The Morgan fingerprint density at radius 3 is 2.20 bits per heavy atom. The van der Waals surface area contributed by atoms with Crippen molar-refractivity contribution in [3.8, 4) is 0 Å². The molecule has 0 aromatic heterocycles. The molecule has 1 aliphatic rings. The van der Waals surface area contributed by atoms with Crippen molar-refractivity contribution in [2.24, 2.45) is 5.92 Å². The van der Waals surface area contributed by atoms with Crippen molar-refractivity contribution in [3.63, 3.8) is 0 Å². The first-order valence-electron chi connectivity index (χ1n) is 4.86. The molecule has 0 aromatic rings. The van der Waals surface area contributed by atoms with Gasteiger partial charge < -0.3 is 18.9 Å². The van der Waals surface area contributed by atoms with Crippen LogP contribution in [0.3, 0.4) is 0 Å². The fourth-order valence-corrected chi connectivity index (χ4v) is 1.46. The van der Waals surface area contributed by atoms with Gasteiger partial charge in [-0.05, 0) is 12.2 Å². The third-order valence-corrected chi connectivity index (χ3v) is 2.18. The molecule has 0 heterocycles. The molecule has 4 nitrogen and oxygen atoms in total. The van der Waals surface area contributed by atoms with Gasteiger partial charge in [0, 0.05) is 13.0 Å². The van der Waals surface area contributed by atoms with Crippen LogP contribution in [0.2, 0.25) is 0 Å². The predicted molar refractivity (Wildman–Crippen MR) is 56.1 cm³/mol. The summed E-state index contributed by atoms with van der Waals surface area (Å²) in [7, 11) is 4.93. The first-order valence-corrected chi connectivity index (χ1v) is 4.86. The van der Waals surface area contributed by atoms with E-state index in [-0.39, 0.29) is 5.92 Å². The van der Waals surface area contributed by atoms with Gasteiger partial charge in [0.05, 0.1) is 38.8 Å². The molecule has 0 amide bonds. The molecule has 0 aromatic carbocycles. The summed E-state index contributed by atoms with van der Waals surface area (Å²) in [6.45, 7) is 0.885. The molecule has 0 unspecified atom stereocenters. The fraction of sp³-hybridized carbons (Fsp3) is 0.636. The lowest BCUT2D eigenvalue weighted by atomic mass is 10.0. The van der Waals surface area contributed by atoms with E-state index in [0.717, 1.165) is 11.5 Å². The highest BCUT2D eigenvalue weighted by atomic mass is 16.7. The molecule has 1 rings (SSSR count). The van der Waals surface area contributed by atoms with Crippen molar-refractivity contribution in [1.82, 2.24) is 0 Å². The van der Waals surface area contributed by atoms with Crippen LogP contribution < -0.4 is 0 Å². The number of methoxy groups -OCH3 is 3. The van der Waals surface area contributed by atoms with Crippen molar-refractivity contribution in [3.05, 3.63) is 23.7 Å². The second kappa shape index (κ2) is 6.48. The van der Waals surface area contributed by atoms with E-state index in [1.54, 1.807) is 21.3 Å². The van der Waals surface area contributed by atoms with E-state index in [2.05, 4.69) is 0 Å². The Kier molecular flexibility index (Phi) is 5.21. The quantitative estimate of drug-likeness (QED) is 0.498. The van der Waals surface area contributed by atoms with Gasteiger partial charge in [-0.2, -0.15) is 0 Å². The van der Waals surface area contributed by atoms with Crippen LogP contribution >= 0.6 is 0 Å². The zero-order chi connectivity index (χ0) is 11.1. The maximum absolute atomic E-state index is 5.29. The Morgan fingerprint density at radius 1 is 1.13 bits per heavy atom. The Hall–Kier alpha value is -1.00. The summed E-state index contributed by atoms with van der Waals surface area (Å²) >= 11 is 0. The maximum Gasteiger partial charge on any atom is 0.146 e. The first-order chi connectivity index (χ1) is 7.30. The van der Waals surface area contributed by atoms with Gasteiger partial charge in [-0.1, -0.05) is 0 Å². The minimum atomic E-state index is 0.193. The van der Waals surface area contributed by atoms with Gasteiger partial charge in [-0.15, -0.1) is 0 Å². The molecule has 0 fully saturated rings. The highest BCUT2D eigenvalue weighted by Crippen LogP contribution is 2.23. The summed E-state index contributed by atoms with van der Waals surface area (Å²) in [5.41, 5.74) is 0. The molecule has 15 heavy (non-hydrogen) atoms. The van der Waals surface area contributed by atoms with Gasteiger partial charge in [-0.25, -0.2) is 0 Å². The lowest BCUT2D eigenvalue weighted by molar-refractivity contribution is -0.0356. The summed E-state index contributed by atoms with van der Waals surface area (Å²) in [4.78, 5) is 0. The lowest BCUT2D eigenvalue weighted by Gasteiger charge is -2.19. The van der Waals surface area contributed by atoms with Crippen molar-refractivity contribution in [2.45, 2.75) is 6.42 Å². The van der Waals surface area contributed by atoms with Crippen LogP contribution in [0, 0.1) is 5.92 Å². The van der Waals surface area contributed by atoms with Crippen LogP contribution in [-0.4, -0.2) is 34.7 Å². The zero-order valence-corrected chi connectivity index (χ0v) is 9.49. The second-order valence-corrected chi connectivity index (χ2v) is 3.29. The molecular formula is C11H18O4. The smallest absolute Gasteiger partial charge is 0.146 e. The number of ether oxygens (including phenoxy) is 4. The van der Waals surface area contributed by atoms with E-state index in [1.807, 2.05) is 12.2 Å². The van der Waals surface area contributed by atoms with E-state index in [0.29, 0.717) is 19.8 Å². The van der Waals surface area contributed by atoms with Crippen LogP contribution in [-0.2, 0) is 18.9 Å². The molecule has 86 valence electrons. The maximum atomic E-state index is 5.29. The molecule has 4 heteroatoms. The minimum absolute atomic E-state index is 0.193. The molecule has 0 bridgehead atoms. The van der Waals surface area contributed by atoms with E-state index >= 15 is 0 Å². The third kappa shape index (κ3) is 3.93. The van der Waals surface area contributed by atoms with Crippen LogP contribution in [0.5, 0.6) is 0 Å². The molecule has 0 saturated carbocycles. The van der Waals surface area contributed by atoms with Gasteiger partial charge in [0.2, 0.25) is 0 Å². The Bertz CT molecular complexity index is 225. The van der Waals surface area contributed by atoms with E-state index in [1.165, 1.54) is 0 Å². The largest absolute Gasteiger partial charge is 0.501 e. The molecule has 0 N–H and O–H groups in total. The highest BCUT2D eigenvalue weighted by Gasteiger charge is 2.15. The third-order valence-electron chi connectivity index (χ3n) is 2.18. The molecule has 1 aliphatic carbocycles. The second-order valence-electron chi connectivity index (χ2n) is 3.29. The van der Waals surface area contributed by atoms with Gasteiger partial charge in [0.1, 0.15) is 6.79 Å². The van der Waals surface area contributed by atoms with Gasteiger partial charge >= 0.3 is 0 Å². The van der Waals surface area contributed by atoms with Gasteiger partial charge in [0.25, 0.3) is 0 Å². The van der Waals surface area contributed by atoms with Gasteiger partial charge in [0.15, 0.2) is 0 Å². The van der Waals surface area contributed by atoms with Crippen LogP contribution in [0.1, 0.15) is 6.42 Å². The normalized spacial score (nSPS) is 17.0. The molecular weight excluding hydrogens is 196 g/mol. The molecule has 0 radical (unpaired) electrons.